The predicted octanol–water partition coefficient (Wildman–Crippen LogP) is 0.347. The highest BCUT2D eigenvalue weighted by Gasteiger charge is 2.14. The maximum Gasteiger partial charge on any atom is 0.252 e. The fraction of sp³-hybridized carbons (Fsp3) is 0.125. The molecule has 0 spiro atoms. The topological polar surface area (TPSA) is 89.3 Å². The molecule has 3 N–H and O–H groups in total. The number of halogens is 1. The number of nitrogens with one attached hydrogen (secondary N) is 1. The van der Waals surface area contributed by atoms with Gasteiger partial charge >= 0.3 is 0 Å². The second-order valence-electron chi connectivity index (χ2n) is 2.77. The third-order valence-electron chi connectivity index (χ3n) is 1.74. The fourth-order valence-corrected chi connectivity index (χ4v) is 1.73. The molecule has 0 saturated carbocycles. The average molecular weight is 249 g/mol. The fourth-order valence-electron chi connectivity index (χ4n) is 0.990. The number of rotatable bonds is 2. The number of sulfonamides is 1. The molecule has 0 unspecified atom stereocenters. The molecule has 0 aliphatic rings. The lowest BCUT2D eigenvalue weighted by Gasteiger charge is -2.04. The molecule has 15 heavy (non-hydrogen) atoms. The molecule has 0 aliphatic heterocycles. The third kappa shape index (κ3) is 2.68. The molecule has 0 saturated heterocycles. The molecule has 0 heterocycles. The van der Waals surface area contributed by atoms with E-state index in [1.807, 2.05) is 0 Å². The van der Waals surface area contributed by atoms with Gasteiger partial charge in [-0.1, -0.05) is 11.6 Å². The SMILES string of the molecule is CNC(=O)c1cc(S(N)(=O)=O)ccc1Cl. The highest BCUT2D eigenvalue weighted by molar-refractivity contribution is 7.89. The minimum Gasteiger partial charge on any atom is -0.355 e. The standard InChI is InChI=1S/C8H9ClN2O3S/c1-11-8(12)6-4-5(15(10,13)14)2-3-7(6)9/h2-4H,1H3,(H,11,12)(H2,10,13,14). The molecule has 0 radical (unpaired) electrons. The van der Waals surface area contributed by atoms with Crippen LogP contribution in [-0.4, -0.2) is 21.4 Å². The summed E-state index contributed by atoms with van der Waals surface area (Å²) in [6, 6.07) is 3.69. The van der Waals surface area contributed by atoms with Crippen molar-refractivity contribution in [1.82, 2.24) is 5.32 Å². The lowest BCUT2D eigenvalue weighted by atomic mass is 10.2. The Labute approximate surface area is 92.3 Å². The molecule has 7 heteroatoms. The van der Waals surface area contributed by atoms with Crippen LogP contribution in [0.2, 0.25) is 5.02 Å². The summed E-state index contributed by atoms with van der Waals surface area (Å²) in [6.07, 6.45) is 0. The maximum atomic E-state index is 11.3. The number of carbonyl (C=O) groups is 1. The van der Waals surface area contributed by atoms with Crippen LogP contribution in [0.1, 0.15) is 10.4 Å². The molecule has 1 aromatic rings. The lowest BCUT2D eigenvalue weighted by Crippen LogP contribution is -2.19. The van der Waals surface area contributed by atoms with E-state index in [-0.39, 0.29) is 15.5 Å². The molecule has 0 atom stereocenters. The van der Waals surface area contributed by atoms with Gasteiger partial charge in [0.1, 0.15) is 0 Å². The molecule has 5 nitrogen and oxygen atoms in total. The van der Waals surface area contributed by atoms with Gasteiger partial charge in [0.05, 0.1) is 15.5 Å². The lowest BCUT2D eigenvalue weighted by molar-refractivity contribution is 0.0963. The van der Waals surface area contributed by atoms with Gasteiger partial charge in [0.25, 0.3) is 5.91 Å². The van der Waals surface area contributed by atoms with Crippen LogP contribution in [0.15, 0.2) is 23.1 Å². The summed E-state index contributed by atoms with van der Waals surface area (Å²) in [6.45, 7) is 0. The van der Waals surface area contributed by atoms with Crippen LogP contribution in [0.3, 0.4) is 0 Å². The third-order valence-corrected chi connectivity index (χ3v) is 2.98. The molecule has 0 fully saturated rings. The molecular formula is C8H9ClN2O3S. The highest BCUT2D eigenvalue weighted by atomic mass is 35.5. The average Bonchev–Trinajstić information content (AvgIpc) is 2.15. The van der Waals surface area contributed by atoms with Crippen molar-refractivity contribution in [2.24, 2.45) is 5.14 Å². The first-order chi connectivity index (χ1) is 6.86. The summed E-state index contributed by atoms with van der Waals surface area (Å²) < 4.78 is 22.0. The minimum atomic E-state index is -3.82. The first-order valence-corrected chi connectivity index (χ1v) is 5.83. The second kappa shape index (κ2) is 4.18. The molecule has 0 aromatic heterocycles. The Morgan fingerprint density at radius 1 is 1.47 bits per heavy atom. The van der Waals surface area contributed by atoms with Crippen LogP contribution < -0.4 is 10.5 Å². The first-order valence-electron chi connectivity index (χ1n) is 3.90. The molecule has 1 rings (SSSR count). The van der Waals surface area contributed by atoms with E-state index < -0.39 is 15.9 Å². The van der Waals surface area contributed by atoms with Gasteiger partial charge in [-0.05, 0) is 18.2 Å². The Hall–Kier alpha value is -1.11. The zero-order valence-corrected chi connectivity index (χ0v) is 9.39. The number of benzene rings is 1. The molecule has 1 amide bonds. The van der Waals surface area contributed by atoms with E-state index in [1.165, 1.54) is 19.2 Å². The van der Waals surface area contributed by atoms with Crippen molar-refractivity contribution >= 4 is 27.5 Å². The Bertz CT molecular complexity index is 499. The van der Waals surface area contributed by atoms with E-state index in [2.05, 4.69) is 5.32 Å². The van der Waals surface area contributed by atoms with Crippen molar-refractivity contribution in [1.29, 1.82) is 0 Å². The number of carbonyl (C=O) groups excluding carboxylic acids is 1. The molecule has 0 bridgehead atoms. The van der Waals surface area contributed by atoms with E-state index in [9.17, 15) is 13.2 Å². The van der Waals surface area contributed by atoms with Crippen LogP contribution in [0.25, 0.3) is 0 Å². The quantitative estimate of drug-likeness (QED) is 0.791. The van der Waals surface area contributed by atoms with Gasteiger partial charge in [-0.25, -0.2) is 13.6 Å². The van der Waals surface area contributed by atoms with E-state index in [1.54, 1.807) is 0 Å². The maximum absolute atomic E-state index is 11.3. The highest BCUT2D eigenvalue weighted by Crippen LogP contribution is 2.19. The number of hydrogen-bond acceptors (Lipinski definition) is 3. The summed E-state index contributed by atoms with van der Waals surface area (Å²) in [5.74, 6) is -0.467. The van der Waals surface area contributed by atoms with Crippen LogP contribution in [0, 0.1) is 0 Å². The summed E-state index contributed by atoms with van der Waals surface area (Å²) in [7, 11) is -2.40. The summed E-state index contributed by atoms with van der Waals surface area (Å²) in [5.41, 5.74) is 0.0747. The Morgan fingerprint density at radius 2 is 2.07 bits per heavy atom. The zero-order valence-electron chi connectivity index (χ0n) is 7.82. The normalized spacial score (nSPS) is 11.1. The van der Waals surface area contributed by atoms with Crippen LogP contribution in [0.5, 0.6) is 0 Å². The van der Waals surface area contributed by atoms with Gasteiger partial charge in [-0.15, -0.1) is 0 Å². The number of amides is 1. The van der Waals surface area contributed by atoms with Gasteiger partial charge in [0, 0.05) is 7.05 Å². The summed E-state index contributed by atoms with van der Waals surface area (Å²) in [5, 5.41) is 7.42. The molecule has 1 aromatic carbocycles. The van der Waals surface area contributed by atoms with Crippen LogP contribution in [-0.2, 0) is 10.0 Å². The number of hydrogen-bond donors (Lipinski definition) is 2. The molecule has 0 aliphatic carbocycles. The van der Waals surface area contributed by atoms with Crippen LogP contribution in [0.4, 0.5) is 0 Å². The summed E-state index contributed by atoms with van der Waals surface area (Å²) in [4.78, 5) is 11.1. The van der Waals surface area contributed by atoms with Crippen molar-refractivity contribution in [3.63, 3.8) is 0 Å². The Balaban J connectivity index is 3.36. The van der Waals surface area contributed by atoms with Gasteiger partial charge in [-0.3, -0.25) is 4.79 Å². The number of primary sulfonamides is 1. The Kier molecular flexibility index (Phi) is 3.33. The van der Waals surface area contributed by atoms with E-state index in [0.717, 1.165) is 6.07 Å². The second-order valence-corrected chi connectivity index (χ2v) is 4.73. The monoisotopic (exact) mass is 248 g/mol. The van der Waals surface area contributed by atoms with Gasteiger partial charge in [-0.2, -0.15) is 0 Å². The first kappa shape index (κ1) is 12.0. The van der Waals surface area contributed by atoms with Crippen LogP contribution >= 0.6 is 11.6 Å². The van der Waals surface area contributed by atoms with Crippen molar-refractivity contribution < 1.29 is 13.2 Å². The molecule has 82 valence electrons. The van der Waals surface area contributed by atoms with Gasteiger partial charge in [0.15, 0.2) is 0 Å². The van der Waals surface area contributed by atoms with E-state index >= 15 is 0 Å². The van der Waals surface area contributed by atoms with Crippen molar-refractivity contribution in [2.75, 3.05) is 7.05 Å². The Morgan fingerprint density at radius 3 is 2.53 bits per heavy atom. The largest absolute Gasteiger partial charge is 0.355 e. The number of nitrogens with two attached hydrogens (primary N) is 1. The zero-order chi connectivity index (χ0) is 11.6. The van der Waals surface area contributed by atoms with Crippen molar-refractivity contribution in [3.8, 4) is 0 Å². The van der Waals surface area contributed by atoms with E-state index in [0.29, 0.717) is 0 Å². The van der Waals surface area contributed by atoms with Gasteiger partial charge < -0.3 is 5.32 Å². The van der Waals surface area contributed by atoms with Gasteiger partial charge in [0.2, 0.25) is 10.0 Å². The smallest absolute Gasteiger partial charge is 0.252 e. The minimum absolute atomic E-state index is 0.0747. The van der Waals surface area contributed by atoms with Crippen molar-refractivity contribution in [2.45, 2.75) is 4.90 Å². The molecular weight excluding hydrogens is 240 g/mol. The van der Waals surface area contributed by atoms with E-state index in [4.69, 9.17) is 16.7 Å². The predicted molar refractivity (Wildman–Crippen MR) is 56.2 cm³/mol. The summed E-state index contributed by atoms with van der Waals surface area (Å²) >= 11 is 5.72. The van der Waals surface area contributed by atoms with Crippen molar-refractivity contribution in [3.05, 3.63) is 28.8 Å².